The molecule has 0 aliphatic carbocycles. The molecule has 9 heteroatoms. The van der Waals surface area contributed by atoms with Crippen molar-refractivity contribution in [3.05, 3.63) is 71.2 Å². The minimum atomic E-state index is -0.340. The number of fused-ring (bicyclic) bond motifs is 1. The standard InChI is InChI=1S/C23H22ClN5O3/c1-3-32-22-18(24)12-15(13-21(22)31-2)14-25-23(30)26-16-8-10-17(11-9-16)29-20-7-5-4-6-19(20)27-28-29/h4-13H,3,14H2,1-2H3,(H2,25,26,30). The third-order valence-electron chi connectivity index (χ3n) is 4.75. The Morgan fingerprint density at radius 3 is 2.66 bits per heavy atom. The van der Waals surface area contributed by atoms with Crippen LogP contribution in [0, 0.1) is 0 Å². The van der Waals surface area contributed by atoms with E-state index >= 15 is 0 Å². The number of nitrogens with one attached hydrogen (secondary N) is 2. The molecule has 1 heterocycles. The molecular formula is C23H22ClN5O3. The normalized spacial score (nSPS) is 10.7. The van der Waals surface area contributed by atoms with Gasteiger partial charge in [-0.25, -0.2) is 9.48 Å². The second kappa shape index (κ2) is 9.57. The van der Waals surface area contributed by atoms with Crippen molar-refractivity contribution >= 4 is 34.4 Å². The lowest BCUT2D eigenvalue weighted by atomic mass is 10.2. The van der Waals surface area contributed by atoms with Crippen LogP contribution in [0.25, 0.3) is 16.7 Å². The molecule has 0 bridgehead atoms. The summed E-state index contributed by atoms with van der Waals surface area (Å²) in [5.41, 5.74) is 4.02. The predicted octanol–water partition coefficient (Wildman–Crippen LogP) is 4.80. The van der Waals surface area contributed by atoms with Gasteiger partial charge in [0.2, 0.25) is 0 Å². The Morgan fingerprint density at radius 1 is 1.12 bits per heavy atom. The van der Waals surface area contributed by atoms with Crippen LogP contribution in [0.5, 0.6) is 11.5 Å². The average molecular weight is 452 g/mol. The molecule has 0 radical (unpaired) electrons. The molecule has 2 amide bonds. The Bertz CT molecular complexity index is 1240. The first kappa shape index (κ1) is 21.5. The highest BCUT2D eigenvalue weighted by Crippen LogP contribution is 2.36. The first-order valence-corrected chi connectivity index (χ1v) is 10.4. The summed E-state index contributed by atoms with van der Waals surface area (Å²) in [4.78, 5) is 12.3. The van der Waals surface area contributed by atoms with E-state index in [1.165, 1.54) is 0 Å². The predicted molar refractivity (Wildman–Crippen MR) is 124 cm³/mol. The van der Waals surface area contributed by atoms with Gasteiger partial charge in [-0.05, 0) is 61.0 Å². The van der Waals surface area contributed by atoms with Gasteiger partial charge < -0.3 is 20.1 Å². The van der Waals surface area contributed by atoms with E-state index in [0.29, 0.717) is 28.8 Å². The molecule has 0 atom stereocenters. The number of hydrogen-bond acceptors (Lipinski definition) is 5. The summed E-state index contributed by atoms with van der Waals surface area (Å²) >= 11 is 6.29. The maximum atomic E-state index is 12.3. The maximum absolute atomic E-state index is 12.3. The lowest BCUT2D eigenvalue weighted by Gasteiger charge is -2.14. The van der Waals surface area contributed by atoms with Crippen LogP contribution in [-0.4, -0.2) is 34.7 Å². The van der Waals surface area contributed by atoms with Gasteiger partial charge in [-0.2, -0.15) is 0 Å². The SMILES string of the molecule is CCOc1c(Cl)cc(CNC(=O)Nc2ccc(-n3nnc4ccccc43)cc2)cc1OC. The maximum Gasteiger partial charge on any atom is 0.319 e. The molecule has 32 heavy (non-hydrogen) atoms. The Morgan fingerprint density at radius 2 is 1.91 bits per heavy atom. The number of methoxy groups -OCH3 is 1. The minimum absolute atomic E-state index is 0.275. The van der Waals surface area contributed by atoms with Crippen LogP contribution >= 0.6 is 11.6 Å². The monoisotopic (exact) mass is 451 g/mol. The minimum Gasteiger partial charge on any atom is -0.493 e. The third-order valence-corrected chi connectivity index (χ3v) is 5.03. The van der Waals surface area contributed by atoms with Crippen molar-refractivity contribution in [2.75, 3.05) is 19.0 Å². The number of carbonyl (C=O) groups is 1. The van der Waals surface area contributed by atoms with Gasteiger partial charge in [0.15, 0.2) is 11.5 Å². The zero-order valence-electron chi connectivity index (χ0n) is 17.6. The summed E-state index contributed by atoms with van der Waals surface area (Å²) < 4.78 is 12.6. The van der Waals surface area contributed by atoms with Crippen molar-refractivity contribution in [3.8, 4) is 17.2 Å². The molecule has 3 aromatic carbocycles. The highest BCUT2D eigenvalue weighted by atomic mass is 35.5. The number of aromatic nitrogens is 3. The number of benzene rings is 3. The summed E-state index contributed by atoms with van der Waals surface area (Å²) in [5, 5.41) is 14.4. The van der Waals surface area contributed by atoms with Crippen LogP contribution in [0.4, 0.5) is 10.5 Å². The number of rotatable bonds is 7. The van der Waals surface area contributed by atoms with Crippen LogP contribution in [0.1, 0.15) is 12.5 Å². The van der Waals surface area contributed by atoms with E-state index in [4.69, 9.17) is 21.1 Å². The van der Waals surface area contributed by atoms with Gasteiger partial charge in [-0.1, -0.05) is 28.9 Å². The Hall–Kier alpha value is -3.78. The smallest absolute Gasteiger partial charge is 0.319 e. The molecule has 0 fully saturated rings. The van der Waals surface area contributed by atoms with Crippen molar-refractivity contribution in [2.45, 2.75) is 13.5 Å². The van der Waals surface area contributed by atoms with E-state index < -0.39 is 0 Å². The molecule has 1 aromatic heterocycles. The van der Waals surface area contributed by atoms with Gasteiger partial charge in [0.05, 0.1) is 29.9 Å². The van der Waals surface area contributed by atoms with Crippen molar-refractivity contribution in [3.63, 3.8) is 0 Å². The summed E-state index contributed by atoms with van der Waals surface area (Å²) in [7, 11) is 1.55. The topological polar surface area (TPSA) is 90.3 Å². The molecule has 0 aliphatic rings. The molecule has 4 aromatic rings. The van der Waals surface area contributed by atoms with Crippen molar-refractivity contribution < 1.29 is 14.3 Å². The van der Waals surface area contributed by atoms with Gasteiger partial charge in [0.25, 0.3) is 0 Å². The van der Waals surface area contributed by atoms with E-state index in [0.717, 1.165) is 22.3 Å². The zero-order chi connectivity index (χ0) is 22.5. The van der Waals surface area contributed by atoms with Gasteiger partial charge in [0.1, 0.15) is 5.52 Å². The number of hydrogen-bond donors (Lipinski definition) is 2. The van der Waals surface area contributed by atoms with Crippen LogP contribution in [0.3, 0.4) is 0 Å². The number of halogens is 1. The van der Waals surface area contributed by atoms with E-state index in [1.54, 1.807) is 23.9 Å². The Kier molecular flexibility index (Phi) is 6.42. The molecule has 0 aliphatic heterocycles. The molecule has 8 nitrogen and oxygen atoms in total. The number of carbonyl (C=O) groups excluding carboxylic acids is 1. The van der Waals surface area contributed by atoms with E-state index in [2.05, 4.69) is 20.9 Å². The number of urea groups is 1. The van der Waals surface area contributed by atoms with Crippen LogP contribution in [-0.2, 0) is 6.54 Å². The number of amides is 2. The van der Waals surface area contributed by atoms with Crippen LogP contribution < -0.4 is 20.1 Å². The highest BCUT2D eigenvalue weighted by Gasteiger charge is 2.12. The lowest BCUT2D eigenvalue weighted by molar-refractivity contribution is 0.251. The third kappa shape index (κ3) is 4.60. The van der Waals surface area contributed by atoms with Crippen molar-refractivity contribution in [2.24, 2.45) is 0 Å². The van der Waals surface area contributed by atoms with E-state index in [1.807, 2.05) is 55.5 Å². The fourth-order valence-electron chi connectivity index (χ4n) is 3.26. The average Bonchev–Trinajstić information content (AvgIpc) is 3.24. The van der Waals surface area contributed by atoms with Crippen LogP contribution in [0.2, 0.25) is 5.02 Å². The van der Waals surface area contributed by atoms with E-state index in [9.17, 15) is 4.79 Å². The van der Waals surface area contributed by atoms with Crippen molar-refractivity contribution in [1.82, 2.24) is 20.3 Å². The molecule has 4 rings (SSSR count). The number of nitrogens with zero attached hydrogens (tertiary/aromatic N) is 3. The number of ether oxygens (including phenoxy) is 2. The number of para-hydroxylation sites is 1. The van der Waals surface area contributed by atoms with Gasteiger partial charge in [-0.15, -0.1) is 5.10 Å². The first-order valence-electron chi connectivity index (χ1n) is 10.0. The second-order valence-corrected chi connectivity index (χ2v) is 7.29. The molecule has 0 unspecified atom stereocenters. The second-order valence-electron chi connectivity index (χ2n) is 6.89. The lowest BCUT2D eigenvalue weighted by Crippen LogP contribution is -2.28. The summed E-state index contributed by atoms with van der Waals surface area (Å²) in [6.45, 7) is 2.62. The Balaban J connectivity index is 1.39. The Labute approximate surface area is 190 Å². The van der Waals surface area contributed by atoms with Gasteiger partial charge in [-0.3, -0.25) is 0 Å². The molecule has 2 N–H and O–H groups in total. The summed E-state index contributed by atoms with van der Waals surface area (Å²) in [6, 6.07) is 18.3. The summed E-state index contributed by atoms with van der Waals surface area (Å²) in [5.74, 6) is 1.01. The fraction of sp³-hybridized carbons (Fsp3) is 0.174. The van der Waals surface area contributed by atoms with Crippen molar-refractivity contribution in [1.29, 1.82) is 0 Å². The largest absolute Gasteiger partial charge is 0.493 e. The first-order chi connectivity index (χ1) is 15.6. The quantitative estimate of drug-likeness (QED) is 0.421. The molecule has 164 valence electrons. The number of anilines is 1. The van der Waals surface area contributed by atoms with E-state index in [-0.39, 0.29) is 12.6 Å². The molecule has 0 saturated carbocycles. The van der Waals surface area contributed by atoms with Gasteiger partial charge in [0, 0.05) is 12.2 Å². The van der Waals surface area contributed by atoms with Crippen LogP contribution in [0.15, 0.2) is 60.7 Å². The fourth-order valence-corrected chi connectivity index (χ4v) is 3.55. The highest BCUT2D eigenvalue weighted by molar-refractivity contribution is 6.32. The zero-order valence-corrected chi connectivity index (χ0v) is 18.4. The molecular weight excluding hydrogens is 430 g/mol. The summed E-state index contributed by atoms with van der Waals surface area (Å²) in [6.07, 6.45) is 0. The molecule has 0 spiro atoms. The molecule has 0 saturated heterocycles. The van der Waals surface area contributed by atoms with Gasteiger partial charge >= 0.3 is 6.03 Å².